The van der Waals surface area contributed by atoms with E-state index in [1.807, 2.05) is 6.07 Å². The van der Waals surface area contributed by atoms with E-state index in [2.05, 4.69) is 48.5 Å². The van der Waals surface area contributed by atoms with Crippen molar-refractivity contribution < 1.29 is 0 Å². The molecular formula is C18H18N2S. The van der Waals surface area contributed by atoms with Crippen molar-refractivity contribution in [1.29, 1.82) is 0 Å². The van der Waals surface area contributed by atoms with Crippen molar-refractivity contribution in [2.75, 3.05) is 0 Å². The number of para-hydroxylation sites is 1. The second kappa shape index (κ2) is 5.24. The van der Waals surface area contributed by atoms with E-state index >= 15 is 0 Å². The fourth-order valence-electron chi connectivity index (χ4n) is 3.13. The molecule has 2 nitrogen and oxygen atoms in total. The van der Waals surface area contributed by atoms with Crippen LogP contribution in [0.5, 0.6) is 0 Å². The van der Waals surface area contributed by atoms with Crippen LogP contribution in [-0.4, -0.2) is 11.0 Å². The van der Waals surface area contributed by atoms with Gasteiger partial charge in [-0.25, -0.2) is 4.98 Å². The lowest BCUT2D eigenvalue weighted by atomic mass is 10.0. The normalized spacial score (nSPS) is 22.3. The summed E-state index contributed by atoms with van der Waals surface area (Å²) in [5.74, 6) is 1.26. The number of fused-ring (bicyclic) bond motifs is 1. The molecule has 1 aliphatic carbocycles. The van der Waals surface area contributed by atoms with E-state index in [4.69, 9.17) is 10.7 Å². The first-order valence-corrected chi connectivity index (χ1v) is 8.28. The minimum Gasteiger partial charge on any atom is -0.327 e. The molecule has 2 aromatic carbocycles. The summed E-state index contributed by atoms with van der Waals surface area (Å²) in [6, 6.07) is 19.3. The molecule has 2 N–H and O–H groups in total. The molecule has 0 spiro atoms. The summed E-state index contributed by atoms with van der Waals surface area (Å²) in [4.78, 5) is 4.70. The maximum atomic E-state index is 6.43. The summed E-state index contributed by atoms with van der Waals surface area (Å²) in [7, 11) is 0. The molecule has 3 atom stereocenters. The van der Waals surface area contributed by atoms with Crippen LogP contribution in [-0.2, 0) is 6.42 Å². The van der Waals surface area contributed by atoms with Crippen LogP contribution in [0, 0.1) is 5.92 Å². The van der Waals surface area contributed by atoms with Crippen molar-refractivity contribution in [3.8, 4) is 0 Å². The quantitative estimate of drug-likeness (QED) is 0.790. The van der Waals surface area contributed by atoms with Crippen LogP contribution in [0.3, 0.4) is 0 Å². The van der Waals surface area contributed by atoms with Gasteiger partial charge >= 0.3 is 0 Å². The van der Waals surface area contributed by atoms with Gasteiger partial charge in [-0.1, -0.05) is 42.5 Å². The number of benzene rings is 2. The van der Waals surface area contributed by atoms with Crippen LogP contribution in [0.15, 0.2) is 54.6 Å². The van der Waals surface area contributed by atoms with Gasteiger partial charge in [0.25, 0.3) is 0 Å². The molecule has 1 heterocycles. The van der Waals surface area contributed by atoms with Gasteiger partial charge in [-0.3, -0.25) is 0 Å². The van der Waals surface area contributed by atoms with E-state index in [-0.39, 0.29) is 6.04 Å². The van der Waals surface area contributed by atoms with Crippen LogP contribution in [0.2, 0.25) is 0 Å². The topological polar surface area (TPSA) is 38.9 Å². The molecule has 0 radical (unpaired) electrons. The molecule has 1 fully saturated rings. The Morgan fingerprint density at radius 2 is 1.86 bits per heavy atom. The van der Waals surface area contributed by atoms with E-state index in [0.29, 0.717) is 11.8 Å². The van der Waals surface area contributed by atoms with Crippen molar-refractivity contribution in [3.63, 3.8) is 0 Å². The average Bonchev–Trinajstić information content (AvgIpc) is 3.22. The third-order valence-corrected chi connectivity index (χ3v) is 5.42. The summed E-state index contributed by atoms with van der Waals surface area (Å²) < 4.78 is 1.26. The largest absolute Gasteiger partial charge is 0.327 e. The SMILES string of the molecule is NC(Cc1nc2ccccc2s1)C1CC1c1ccccc1. The van der Waals surface area contributed by atoms with Gasteiger partial charge in [-0.15, -0.1) is 11.3 Å². The summed E-state index contributed by atoms with van der Waals surface area (Å²) in [6.07, 6.45) is 2.11. The van der Waals surface area contributed by atoms with Gasteiger partial charge < -0.3 is 5.73 Å². The Morgan fingerprint density at radius 1 is 1.10 bits per heavy atom. The lowest BCUT2D eigenvalue weighted by molar-refractivity contribution is 0.577. The van der Waals surface area contributed by atoms with Crippen LogP contribution >= 0.6 is 11.3 Å². The Morgan fingerprint density at radius 3 is 2.67 bits per heavy atom. The van der Waals surface area contributed by atoms with E-state index in [1.54, 1.807) is 11.3 Å². The number of thiazole rings is 1. The standard InChI is InChI=1S/C18H18N2S/c19-15(14-10-13(14)12-6-2-1-3-7-12)11-18-20-16-8-4-5-9-17(16)21-18/h1-9,13-15H,10-11,19H2. The highest BCUT2D eigenvalue weighted by Crippen LogP contribution is 2.49. The van der Waals surface area contributed by atoms with Crippen LogP contribution in [0.25, 0.3) is 10.2 Å². The molecule has 106 valence electrons. The number of hydrogen-bond donors (Lipinski definition) is 1. The monoisotopic (exact) mass is 294 g/mol. The second-order valence-corrected chi connectivity index (χ2v) is 6.98. The highest BCUT2D eigenvalue weighted by molar-refractivity contribution is 7.18. The summed E-state index contributed by atoms with van der Waals surface area (Å²) in [5.41, 5.74) is 8.96. The van der Waals surface area contributed by atoms with Crippen molar-refractivity contribution in [1.82, 2.24) is 4.98 Å². The zero-order chi connectivity index (χ0) is 14.2. The molecule has 0 saturated heterocycles. The molecule has 0 bridgehead atoms. The lowest BCUT2D eigenvalue weighted by Crippen LogP contribution is -2.25. The Labute approximate surface area is 128 Å². The number of aromatic nitrogens is 1. The van der Waals surface area contributed by atoms with E-state index < -0.39 is 0 Å². The van der Waals surface area contributed by atoms with Gasteiger partial charge in [-0.2, -0.15) is 0 Å². The number of rotatable bonds is 4. The Hall–Kier alpha value is -1.71. The Kier molecular flexibility index (Phi) is 3.24. The fourth-order valence-corrected chi connectivity index (χ4v) is 4.17. The smallest absolute Gasteiger partial charge is 0.0954 e. The van der Waals surface area contributed by atoms with Crippen molar-refractivity contribution in [2.45, 2.75) is 24.8 Å². The molecule has 0 aliphatic heterocycles. The third-order valence-electron chi connectivity index (χ3n) is 4.37. The number of nitrogens with two attached hydrogens (primary N) is 1. The van der Waals surface area contributed by atoms with Crippen molar-refractivity contribution in [3.05, 3.63) is 65.2 Å². The molecule has 21 heavy (non-hydrogen) atoms. The molecule has 3 unspecified atom stereocenters. The third kappa shape index (κ3) is 2.59. The van der Waals surface area contributed by atoms with Gasteiger partial charge in [0.15, 0.2) is 0 Å². The van der Waals surface area contributed by atoms with E-state index in [1.165, 1.54) is 21.7 Å². The van der Waals surface area contributed by atoms with Crippen LogP contribution in [0.1, 0.15) is 22.9 Å². The van der Waals surface area contributed by atoms with Gasteiger partial charge in [0.05, 0.1) is 15.2 Å². The predicted molar refractivity (Wildman–Crippen MR) is 88.6 cm³/mol. The molecule has 3 aromatic rings. The van der Waals surface area contributed by atoms with Gasteiger partial charge in [0, 0.05) is 12.5 Å². The Bertz CT molecular complexity index is 717. The fraction of sp³-hybridized carbons (Fsp3) is 0.278. The van der Waals surface area contributed by atoms with Crippen molar-refractivity contribution in [2.24, 2.45) is 11.7 Å². The molecule has 1 aliphatic rings. The van der Waals surface area contributed by atoms with Gasteiger partial charge in [0.1, 0.15) is 0 Å². The van der Waals surface area contributed by atoms with Gasteiger partial charge in [0.2, 0.25) is 0 Å². The van der Waals surface area contributed by atoms with Crippen LogP contribution in [0.4, 0.5) is 0 Å². The second-order valence-electron chi connectivity index (χ2n) is 5.86. The zero-order valence-electron chi connectivity index (χ0n) is 11.8. The molecule has 3 heteroatoms. The highest BCUT2D eigenvalue weighted by atomic mass is 32.1. The summed E-state index contributed by atoms with van der Waals surface area (Å²) >= 11 is 1.78. The lowest BCUT2D eigenvalue weighted by Gasteiger charge is -2.09. The maximum Gasteiger partial charge on any atom is 0.0954 e. The highest BCUT2D eigenvalue weighted by Gasteiger charge is 2.42. The minimum absolute atomic E-state index is 0.218. The summed E-state index contributed by atoms with van der Waals surface area (Å²) in [5, 5.41) is 1.17. The average molecular weight is 294 g/mol. The van der Waals surface area contributed by atoms with Crippen molar-refractivity contribution >= 4 is 21.6 Å². The first kappa shape index (κ1) is 13.0. The molecule has 1 saturated carbocycles. The minimum atomic E-state index is 0.218. The van der Waals surface area contributed by atoms with Gasteiger partial charge in [-0.05, 0) is 36.0 Å². The van der Waals surface area contributed by atoms with Crippen LogP contribution < -0.4 is 5.73 Å². The molecule has 1 aromatic heterocycles. The zero-order valence-corrected chi connectivity index (χ0v) is 12.6. The van der Waals surface area contributed by atoms with E-state index in [9.17, 15) is 0 Å². The predicted octanol–water partition coefficient (Wildman–Crippen LogP) is 3.97. The van der Waals surface area contributed by atoms with E-state index in [0.717, 1.165) is 11.9 Å². The molecule has 0 amide bonds. The first-order valence-electron chi connectivity index (χ1n) is 7.46. The first-order chi connectivity index (χ1) is 10.3. The number of nitrogens with zero attached hydrogens (tertiary/aromatic N) is 1. The molecular weight excluding hydrogens is 276 g/mol. The maximum absolute atomic E-state index is 6.43. The number of hydrogen-bond acceptors (Lipinski definition) is 3. The Balaban J connectivity index is 1.46. The summed E-state index contributed by atoms with van der Waals surface area (Å²) in [6.45, 7) is 0. The molecule has 4 rings (SSSR count).